The molecule has 0 saturated carbocycles. The van der Waals surface area contributed by atoms with Gasteiger partial charge in [0, 0.05) is 0 Å². The van der Waals surface area contributed by atoms with Crippen molar-refractivity contribution in [1.82, 2.24) is 0 Å². The normalized spacial score (nSPS) is 19.0. The van der Waals surface area contributed by atoms with Crippen LogP contribution < -0.4 is 5.11 Å². The Bertz CT molecular complexity index is 235. The van der Waals surface area contributed by atoms with E-state index in [-0.39, 0.29) is 31.0 Å². The zero-order chi connectivity index (χ0) is 11.5. The zero-order valence-electron chi connectivity index (χ0n) is 9.87. The van der Waals surface area contributed by atoms with Crippen LogP contribution in [0.3, 0.4) is 0 Å². The van der Waals surface area contributed by atoms with E-state index in [1.807, 2.05) is 0 Å². The van der Waals surface area contributed by atoms with Gasteiger partial charge in [-0.3, -0.25) is 4.79 Å². The topological polar surface area (TPSA) is 40.1 Å². The van der Waals surface area contributed by atoms with Gasteiger partial charge in [-0.15, -0.1) is 5.76 Å². The summed E-state index contributed by atoms with van der Waals surface area (Å²) in [5.41, 5.74) is 0. The first-order valence-corrected chi connectivity index (χ1v) is 5.29. The van der Waals surface area contributed by atoms with Gasteiger partial charge in [0.05, 0.1) is 0 Å². The molecular formula is C13H19O2Rh. The summed E-state index contributed by atoms with van der Waals surface area (Å²) < 4.78 is 0. The summed E-state index contributed by atoms with van der Waals surface area (Å²) in [5, 5.41) is 9.98. The molecule has 3 heteroatoms. The molecule has 0 aromatic heterocycles. The molecule has 0 aliphatic heterocycles. The minimum atomic E-state index is -0.187. The van der Waals surface area contributed by atoms with Crippen molar-refractivity contribution in [3.8, 4) is 0 Å². The van der Waals surface area contributed by atoms with Gasteiger partial charge in [-0.05, 0) is 38.7 Å². The second-order valence-corrected chi connectivity index (χ2v) is 3.46. The Balaban J connectivity index is 0. The second-order valence-electron chi connectivity index (χ2n) is 3.46. The molecule has 0 aromatic rings. The van der Waals surface area contributed by atoms with Crippen LogP contribution in [0.25, 0.3) is 0 Å². The molecule has 1 aliphatic carbocycles. The summed E-state index contributed by atoms with van der Waals surface area (Å²) in [7, 11) is 0. The fraction of sp³-hybridized carbons (Fsp3) is 0.462. The van der Waals surface area contributed by atoms with E-state index in [4.69, 9.17) is 0 Å². The number of carbonyl (C=O) groups excluding carboxylic acids is 1. The van der Waals surface area contributed by atoms with Gasteiger partial charge >= 0.3 is 19.5 Å². The molecule has 0 bridgehead atoms. The molecule has 16 heavy (non-hydrogen) atoms. The van der Waals surface area contributed by atoms with Crippen molar-refractivity contribution in [2.75, 3.05) is 0 Å². The van der Waals surface area contributed by atoms with Crippen LogP contribution in [0, 0.1) is 0 Å². The van der Waals surface area contributed by atoms with Gasteiger partial charge in [-0.25, -0.2) is 0 Å². The van der Waals surface area contributed by atoms with Crippen LogP contribution in [0.4, 0.5) is 0 Å². The number of hydrogen-bond donors (Lipinski definition) is 0. The number of hydrogen-bond acceptors (Lipinski definition) is 2. The molecule has 0 unspecified atom stereocenters. The van der Waals surface area contributed by atoms with Crippen LogP contribution in [0.1, 0.15) is 39.5 Å². The molecule has 1 aliphatic rings. The van der Waals surface area contributed by atoms with Crippen LogP contribution in [0.5, 0.6) is 0 Å². The molecule has 0 fully saturated rings. The van der Waals surface area contributed by atoms with Crippen molar-refractivity contribution in [1.29, 1.82) is 0 Å². The number of rotatable bonds is 1. The van der Waals surface area contributed by atoms with E-state index >= 15 is 0 Å². The minimum absolute atomic E-state index is 0. The second kappa shape index (κ2) is 12.4. The van der Waals surface area contributed by atoms with Gasteiger partial charge in [-0.2, -0.15) is 0 Å². The third kappa shape index (κ3) is 15.8. The SMILES string of the molecule is C1=C\CC/C=C\CC/1.CC(=O)/C=C(/C)[O-].[Rh+]. The molecule has 0 aromatic carbocycles. The van der Waals surface area contributed by atoms with E-state index in [1.54, 1.807) is 0 Å². The molecule has 0 saturated heterocycles. The zero-order valence-corrected chi connectivity index (χ0v) is 11.5. The summed E-state index contributed by atoms with van der Waals surface area (Å²) in [6.07, 6.45) is 15.1. The van der Waals surface area contributed by atoms with Gasteiger partial charge < -0.3 is 5.11 Å². The molecule has 0 N–H and O–H groups in total. The minimum Gasteiger partial charge on any atom is -0.876 e. The van der Waals surface area contributed by atoms with E-state index in [2.05, 4.69) is 24.3 Å². The Hall–Kier alpha value is -0.687. The first-order chi connectivity index (χ1) is 7.13. The summed E-state index contributed by atoms with van der Waals surface area (Å²) in [5.74, 6) is -0.375. The summed E-state index contributed by atoms with van der Waals surface area (Å²) in [6.45, 7) is 2.70. The van der Waals surface area contributed by atoms with Crippen LogP contribution in [0.15, 0.2) is 36.1 Å². The van der Waals surface area contributed by atoms with Gasteiger partial charge in [0.1, 0.15) is 0 Å². The molecule has 92 valence electrons. The van der Waals surface area contributed by atoms with Gasteiger partial charge in [0.15, 0.2) is 5.78 Å². The molecule has 0 atom stereocenters. The van der Waals surface area contributed by atoms with Crippen molar-refractivity contribution >= 4 is 5.78 Å². The Morgan fingerprint density at radius 1 is 1.00 bits per heavy atom. The van der Waals surface area contributed by atoms with Gasteiger partial charge in [0.2, 0.25) is 0 Å². The van der Waals surface area contributed by atoms with Crippen molar-refractivity contribution in [2.24, 2.45) is 0 Å². The maximum absolute atomic E-state index is 9.98. The van der Waals surface area contributed by atoms with E-state index < -0.39 is 0 Å². The number of carbonyl (C=O) groups is 1. The molecule has 0 spiro atoms. The average Bonchev–Trinajstić information content (AvgIpc) is 1.99. The van der Waals surface area contributed by atoms with E-state index in [1.165, 1.54) is 39.5 Å². The Morgan fingerprint density at radius 2 is 1.31 bits per heavy atom. The first-order valence-electron chi connectivity index (χ1n) is 5.29. The van der Waals surface area contributed by atoms with Gasteiger partial charge in [-0.1, -0.05) is 31.2 Å². The third-order valence-corrected chi connectivity index (χ3v) is 1.74. The fourth-order valence-corrected chi connectivity index (χ4v) is 1.14. The standard InChI is InChI=1S/C8H12.C5H8O2.Rh/c1-2-4-6-8-7-5-3-1;1-4(6)3-5(2)7;/h1-2,7-8H,3-6H2;3,6H,1-2H3;/q;;+1/p-1/b2-1-,8-7-;4-3-;. The fourth-order valence-electron chi connectivity index (χ4n) is 1.14. The van der Waals surface area contributed by atoms with Crippen LogP contribution >= 0.6 is 0 Å². The Kier molecular flexibility index (Phi) is 13.7. The smallest absolute Gasteiger partial charge is 0.876 e. The largest absolute Gasteiger partial charge is 1.00 e. The van der Waals surface area contributed by atoms with E-state index in [9.17, 15) is 9.90 Å². The summed E-state index contributed by atoms with van der Waals surface area (Å²) >= 11 is 0. The molecule has 0 amide bonds. The third-order valence-electron chi connectivity index (χ3n) is 1.74. The summed E-state index contributed by atoms with van der Waals surface area (Å²) in [4.78, 5) is 9.98. The predicted molar refractivity (Wildman–Crippen MR) is 61.2 cm³/mol. The van der Waals surface area contributed by atoms with Crippen LogP contribution in [-0.4, -0.2) is 5.78 Å². The van der Waals surface area contributed by atoms with Crippen molar-refractivity contribution in [2.45, 2.75) is 39.5 Å². The maximum atomic E-state index is 9.98. The molecule has 1 rings (SSSR count). The van der Waals surface area contributed by atoms with Crippen molar-refractivity contribution in [3.05, 3.63) is 36.1 Å². The monoisotopic (exact) mass is 310 g/mol. The molecule has 2 nitrogen and oxygen atoms in total. The van der Waals surface area contributed by atoms with Crippen LogP contribution in [-0.2, 0) is 24.3 Å². The predicted octanol–water partition coefficient (Wildman–Crippen LogP) is 2.51. The van der Waals surface area contributed by atoms with Crippen LogP contribution in [0.2, 0.25) is 0 Å². The van der Waals surface area contributed by atoms with E-state index in [0.717, 1.165) is 6.08 Å². The molecule has 0 heterocycles. The van der Waals surface area contributed by atoms with Crippen molar-refractivity contribution in [3.63, 3.8) is 0 Å². The van der Waals surface area contributed by atoms with E-state index in [0.29, 0.717) is 0 Å². The number of ketones is 1. The molecule has 0 radical (unpaired) electrons. The quantitative estimate of drug-likeness (QED) is 0.323. The summed E-state index contributed by atoms with van der Waals surface area (Å²) in [6, 6.07) is 0. The average molecular weight is 310 g/mol. The first kappa shape index (κ1) is 17.7. The maximum Gasteiger partial charge on any atom is 1.00 e. The Morgan fingerprint density at radius 3 is 1.44 bits per heavy atom. The van der Waals surface area contributed by atoms with Gasteiger partial charge in [0.25, 0.3) is 0 Å². The Labute approximate surface area is 111 Å². The van der Waals surface area contributed by atoms with Crippen molar-refractivity contribution < 1.29 is 29.4 Å². The molecular weight excluding hydrogens is 291 g/mol. The number of allylic oxidation sites excluding steroid dienone is 6.